The normalized spacial score (nSPS) is 31.4. The van der Waals surface area contributed by atoms with Gasteiger partial charge in [-0.25, -0.2) is 0 Å². The molecular weight excluding hydrogens is 194 g/mol. The fourth-order valence-corrected chi connectivity index (χ4v) is 3.23. The highest BCUT2D eigenvalue weighted by atomic mass is 32.2. The first-order valence-electron chi connectivity index (χ1n) is 5.39. The van der Waals surface area contributed by atoms with Crippen LogP contribution in [0.3, 0.4) is 0 Å². The van der Waals surface area contributed by atoms with Crippen LogP contribution in [0.1, 0.15) is 34.1 Å². The first-order valence-corrected chi connectivity index (χ1v) is 6.44. The molecule has 3 atom stereocenters. The Morgan fingerprint density at radius 3 is 2.79 bits per heavy atom. The van der Waals surface area contributed by atoms with Crippen molar-refractivity contribution < 1.29 is 4.79 Å². The molecule has 1 aliphatic heterocycles. The number of hydrogen-bond acceptors (Lipinski definition) is 3. The Kier molecular flexibility index (Phi) is 4.45. The van der Waals surface area contributed by atoms with Gasteiger partial charge in [0.15, 0.2) is 0 Å². The Balaban J connectivity index is 2.52. The molecule has 0 aromatic carbocycles. The van der Waals surface area contributed by atoms with E-state index in [2.05, 4.69) is 25.7 Å². The summed E-state index contributed by atoms with van der Waals surface area (Å²) in [5.41, 5.74) is 0. The van der Waals surface area contributed by atoms with E-state index in [0.29, 0.717) is 29.5 Å². The molecule has 0 aliphatic carbocycles. The molecule has 0 amide bonds. The topological polar surface area (TPSA) is 20.3 Å². The molecule has 0 saturated carbocycles. The van der Waals surface area contributed by atoms with Crippen molar-refractivity contribution in [3.8, 4) is 0 Å². The molecule has 82 valence electrons. The molecule has 1 rings (SSSR count). The highest BCUT2D eigenvalue weighted by Gasteiger charge is 2.28. The molecule has 1 heterocycles. The maximum Gasteiger partial charge on any atom is 0.131 e. The monoisotopic (exact) mass is 215 g/mol. The Bertz CT molecular complexity index is 207. The second kappa shape index (κ2) is 5.17. The van der Waals surface area contributed by atoms with Gasteiger partial charge in [-0.15, -0.1) is 0 Å². The molecule has 0 aromatic rings. The number of hydrogen-bond donors (Lipinski definition) is 0. The first-order chi connectivity index (χ1) is 6.52. The summed E-state index contributed by atoms with van der Waals surface area (Å²) in [4.78, 5) is 13.5. The predicted octanol–water partition coefficient (Wildman–Crippen LogP) is 2.18. The largest absolute Gasteiger partial charge is 0.300 e. The SMILES string of the molecule is CC(=O)CC(C)N1CCSC(C)C1C. The quantitative estimate of drug-likeness (QED) is 0.720. The van der Waals surface area contributed by atoms with Gasteiger partial charge in [0.2, 0.25) is 0 Å². The van der Waals surface area contributed by atoms with E-state index in [1.54, 1.807) is 6.92 Å². The summed E-state index contributed by atoms with van der Waals surface area (Å²) in [5.74, 6) is 1.50. The van der Waals surface area contributed by atoms with Crippen LogP contribution in [0.25, 0.3) is 0 Å². The van der Waals surface area contributed by atoms with Gasteiger partial charge in [0.05, 0.1) is 0 Å². The molecule has 0 N–H and O–H groups in total. The lowest BCUT2D eigenvalue weighted by molar-refractivity contribution is -0.118. The molecule has 1 fully saturated rings. The number of Topliss-reactive ketones (excluding diaryl/α,β-unsaturated/α-hetero) is 1. The van der Waals surface area contributed by atoms with E-state index in [9.17, 15) is 4.79 Å². The number of ketones is 1. The van der Waals surface area contributed by atoms with Crippen molar-refractivity contribution in [3.05, 3.63) is 0 Å². The summed E-state index contributed by atoms with van der Waals surface area (Å²) >= 11 is 2.04. The van der Waals surface area contributed by atoms with Crippen molar-refractivity contribution >= 4 is 17.5 Å². The smallest absolute Gasteiger partial charge is 0.131 e. The third-order valence-electron chi connectivity index (χ3n) is 3.08. The maximum atomic E-state index is 11.1. The van der Waals surface area contributed by atoms with Crippen LogP contribution in [0.2, 0.25) is 0 Å². The van der Waals surface area contributed by atoms with Crippen molar-refractivity contribution in [2.24, 2.45) is 0 Å². The summed E-state index contributed by atoms with van der Waals surface area (Å²) < 4.78 is 0. The molecule has 0 spiro atoms. The van der Waals surface area contributed by atoms with Crippen molar-refractivity contribution in [3.63, 3.8) is 0 Å². The average molecular weight is 215 g/mol. The van der Waals surface area contributed by atoms with E-state index in [1.807, 2.05) is 11.8 Å². The van der Waals surface area contributed by atoms with Crippen LogP contribution >= 0.6 is 11.8 Å². The zero-order chi connectivity index (χ0) is 10.7. The Hall–Kier alpha value is -0.0200. The van der Waals surface area contributed by atoms with E-state index in [4.69, 9.17) is 0 Å². The number of thioether (sulfide) groups is 1. The van der Waals surface area contributed by atoms with Gasteiger partial charge in [-0.3, -0.25) is 9.69 Å². The van der Waals surface area contributed by atoms with Gasteiger partial charge in [-0.05, 0) is 20.8 Å². The second-order valence-electron chi connectivity index (χ2n) is 4.31. The zero-order valence-corrected chi connectivity index (χ0v) is 10.4. The zero-order valence-electron chi connectivity index (χ0n) is 9.62. The van der Waals surface area contributed by atoms with Gasteiger partial charge in [-0.1, -0.05) is 6.92 Å². The summed E-state index contributed by atoms with van der Waals surface area (Å²) in [5, 5.41) is 0.693. The first kappa shape index (κ1) is 12.1. The van der Waals surface area contributed by atoms with Crippen LogP contribution in [0.5, 0.6) is 0 Å². The van der Waals surface area contributed by atoms with Crippen LogP contribution in [-0.4, -0.2) is 40.3 Å². The summed E-state index contributed by atoms with van der Waals surface area (Å²) in [6.07, 6.45) is 0.696. The van der Waals surface area contributed by atoms with Crippen LogP contribution in [-0.2, 0) is 4.79 Å². The van der Waals surface area contributed by atoms with Crippen LogP contribution in [0, 0.1) is 0 Å². The maximum absolute atomic E-state index is 11.1. The van der Waals surface area contributed by atoms with Crippen molar-refractivity contribution in [2.75, 3.05) is 12.3 Å². The fraction of sp³-hybridized carbons (Fsp3) is 0.909. The molecule has 1 aliphatic rings. The van der Waals surface area contributed by atoms with Gasteiger partial charge in [0, 0.05) is 36.1 Å². The molecule has 3 heteroatoms. The summed E-state index contributed by atoms with van der Waals surface area (Å²) in [7, 11) is 0. The Morgan fingerprint density at radius 1 is 1.57 bits per heavy atom. The lowest BCUT2D eigenvalue weighted by atomic mass is 10.1. The molecule has 0 aromatic heterocycles. The van der Waals surface area contributed by atoms with Gasteiger partial charge in [-0.2, -0.15) is 11.8 Å². The van der Waals surface area contributed by atoms with Gasteiger partial charge in [0.25, 0.3) is 0 Å². The Labute approximate surface area is 91.4 Å². The van der Waals surface area contributed by atoms with Gasteiger partial charge >= 0.3 is 0 Å². The minimum absolute atomic E-state index is 0.301. The minimum Gasteiger partial charge on any atom is -0.300 e. The van der Waals surface area contributed by atoms with E-state index < -0.39 is 0 Å². The average Bonchev–Trinajstić information content (AvgIpc) is 2.08. The van der Waals surface area contributed by atoms with E-state index in [0.717, 1.165) is 6.54 Å². The van der Waals surface area contributed by atoms with Crippen molar-refractivity contribution in [1.82, 2.24) is 4.90 Å². The third kappa shape index (κ3) is 2.99. The number of rotatable bonds is 3. The fourth-order valence-electron chi connectivity index (χ4n) is 2.11. The van der Waals surface area contributed by atoms with Crippen LogP contribution in [0.4, 0.5) is 0 Å². The number of nitrogens with zero attached hydrogens (tertiary/aromatic N) is 1. The highest BCUT2D eigenvalue weighted by Crippen LogP contribution is 2.26. The molecule has 14 heavy (non-hydrogen) atoms. The number of carbonyl (C=O) groups excluding carboxylic acids is 1. The Morgan fingerprint density at radius 2 is 2.21 bits per heavy atom. The lowest BCUT2D eigenvalue weighted by Gasteiger charge is -2.41. The molecule has 3 unspecified atom stereocenters. The van der Waals surface area contributed by atoms with Crippen LogP contribution in [0.15, 0.2) is 0 Å². The van der Waals surface area contributed by atoms with Crippen molar-refractivity contribution in [1.29, 1.82) is 0 Å². The molecule has 0 bridgehead atoms. The number of carbonyl (C=O) groups is 1. The predicted molar refractivity (Wildman–Crippen MR) is 62.8 cm³/mol. The molecular formula is C11H21NOS. The summed E-state index contributed by atoms with van der Waals surface area (Å²) in [6, 6.07) is 1.01. The standard InChI is InChI=1S/C11H21NOS/c1-8(7-9(2)13)12-5-6-14-11(4)10(12)3/h8,10-11H,5-7H2,1-4H3. The van der Waals surface area contributed by atoms with E-state index in [-0.39, 0.29) is 0 Å². The van der Waals surface area contributed by atoms with Gasteiger partial charge < -0.3 is 0 Å². The third-order valence-corrected chi connectivity index (χ3v) is 4.42. The molecule has 1 saturated heterocycles. The molecule has 0 radical (unpaired) electrons. The van der Waals surface area contributed by atoms with E-state index >= 15 is 0 Å². The summed E-state index contributed by atoms with van der Waals surface area (Å²) in [6.45, 7) is 9.53. The second-order valence-corrected chi connectivity index (χ2v) is 5.79. The minimum atomic E-state index is 0.301. The highest BCUT2D eigenvalue weighted by molar-refractivity contribution is 8.00. The van der Waals surface area contributed by atoms with E-state index in [1.165, 1.54) is 5.75 Å². The molecule has 2 nitrogen and oxygen atoms in total. The van der Waals surface area contributed by atoms with Crippen molar-refractivity contribution in [2.45, 2.75) is 51.4 Å². The van der Waals surface area contributed by atoms with Crippen LogP contribution < -0.4 is 0 Å². The lowest BCUT2D eigenvalue weighted by Crippen LogP contribution is -2.49. The van der Waals surface area contributed by atoms with Gasteiger partial charge in [0.1, 0.15) is 5.78 Å².